The second-order valence-corrected chi connectivity index (χ2v) is 12.4. The first kappa shape index (κ1) is 53.9. The fourth-order valence-electron chi connectivity index (χ4n) is 6.06. The fraction of sp³-hybridized carbons (Fsp3) is 0.429. The molecule has 0 saturated carbocycles. The Morgan fingerprint density at radius 1 is 0.268 bits per heavy atom. The zero-order valence-corrected chi connectivity index (χ0v) is 39.5. The fourth-order valence-corrected chi connectivity index (χ4v) is 6.06. The van der Waals surface area contributed by atoms with Crippen LogP contribution in [-0.4, -0.2) is 0 Å². The summed E-state index contributed by atoms with van der Waals surface area (Å²) in [5.41, 5.74) is 11.0. The standard InChI is InChI=1S/2C16H10.2C6H14.6C2H6/c2*1-2-8-13-12(7-1)14-9-3-5-11-6-4-10-15(13)16(11)14;2*1-4-6(3)5-2;6*1-2/h2*1-10H;2*6H,4-5H2,1-3H3;6*1-2H3. The first-order valence-electron chi connectivity index (χ1n) is 22.7. The molecule has 2 aliphatic rings. The molecule has 0 bridgehead atoms. The van der Waals surface area contributed by atoms with Gasteiger partial charge in [0, 0.05) is 0 Å². The van der Waals surface area contributed by atoms with E-state index >= 15 is 0 Å². The molecule has 0 radical (unpaired) electrons. The van der Waals surface area contributed by atoms with Crippen LogP contribution in [0, 0.1) is 11.8 Å². The second-order valence-electron chi connectivity index (χ2n) is 12.4. The van der Waals surface area contributed by atoms with Crippen LogP contribution < -0.4 is 0 Å². The summed E-state index contributed by atoms with van der Waals surface area (Å²) in [5.74, 6) is 1.87. The van der Waals surface area contributed by atoms with Crippen molar-refractivity contribution in [2.75, 3.05) is 0 Å². The van der Waals surface area contributed by atoms with Crippen LogP contribution >= 0.6 is 0 Å². The van der Waals surface area contributed by atoms with Crippen molar-refractivity contribution in [3.63, 3.8) is 0 Å². The largest absolute Gasteiger partial charge is 0.0683 e. The van der Waals surface area contributed by atoms with Crippen molar-refractivity contribution >= 4 is 21.5 Å². The summed E-state index contributed by atoms with van der Waals surface area (Å²) >= 11 is 0. The third kappa shape index (κ3) is 14.7. The van der Waals surface area contributed by atoms with Gasteiger partial charge in [-0.25, -0.2) is 0 Å². The minimum absolute atomic E-state index is 0.935. The molecule has 0 amide bonds. The van der Waals surface area contributed by atoms with Crippen molar-refractivity contribution < 1.29 is 0 Å². The topological polar surface area (TPSA) is 0 Å². The average molecular weight is 757 g/mol. The van der Waals surface area contributed by atoms with Gasteiger partial charge in [0.2, 0.25) is 0 Å². The molecule has 308 valence electrons. The molecule has 6 aromatic rings. The van der Waals surface area contributed by atoms with Crippen LogP contribution in [0.4, 0.5) is 0 Å². The van der Waals surface area contributed by atoms with E-state index < -0.39 is 0 Å². The molecule has 0 nitrogen and oxygen atoms in total. The van der Waals surface area contributed by atoms with E-state index in [1.54, 1.807) is 0 Å². The highest BCUT2D eigenvalue weighted by Gasteiger charge is 2.20. The van der Waals surface area contributed by atoms with Gasteiger partial charge in [-0.1, -0.05) is 272 Å². The van der Waals surface area contributed by atoms with Gasteiger partial charge in [-0.15, -0.1) is 0 Å². The van der Waals surface area contributed by atoms with E-state index in [0.29, 0.717) is 0 Å². The maximum absolute atomic E-state index is 2.28. The van der Waals surface area contributed by atoms with E-state index in [2.05, 4.69) is 163 Å². The third-order valence-corrected chi connectivity index (χ3v) is 9.61. The summed E-state index contributed by atoms with van der Waals surface area (Å²) in [6, 6.07) is 43.5. The van der Waals surface area contributed by atoms with Crippen LogP contribution in [-0.2, 0) is 0 Å². The lowest BCUT2D eigenvalue weighted by atomic mass is 10.0. The van der Waals surface area contributed by atoms with Crippen LogP contribution in [0.15, 0.2) is 121 Å². The van der Waals surface area contributed by atoms with E-state index in [-0.39, 0.29) is 0 Å². The number of benzene rings is 6. The zero-order valence-electron chi connectivity index (χ0n) is 39.5. The molecule has 0 heterocycles. The smallest absolute Gasteiger partial charge is 0.00264 e. The molecule has 0 fully saturated rings. The normalized spacial score (nSPS) is 9.50. The van der Waals surface area contributed by atoms with Crippen LogP contribution in [0.5, 0.6) is 0 Å². The van der Waals surface area contributed by atoms with E-state index in [9.17, 15) is 0 Å². The lowest BCUT2D eigenvalue weighted by molar-refractivity contribution is 0.544. The molecule has 0 atom stereocenters. The lowest BCUT2D eigenvalue weighted by Gasteiger charge is -2.00. The molecule has 0 unspecified atom stereocenters. The van der Waals surface area contributed by atoms with Gasteiger partial charge in [0.1, 0.15) is 0 Å². The van der Waals surface area contributed by atoms with E-state index in [4.69, 9.17) is 0 Å². The summed E-state index contributed by atoms with van der Waals surface area (Å²) < 4.78 is 0. The van der Waals surface area contributed by atoms with Gasteiger partial charge in [-0.05, 0) is 77.9 Å². The van der Waals surface area contributed by atoms with Gasteiger partial charge < -0.3 is 0 Å². The van der Waals surface area contributed by atoms with E-state index in [1.807, 2.05) is 83.1 Å². The third-order valence-electron chi connectivity index (χ3n) is 9.61. The molecule has 6 aromatic carbocycles. The predicted octanol–water partition coefficient (Wildman–Crippen LogP) is 20.0. The Morgan fingerprint density at radius 2 is 0.446 bits per heavy atom. The number of fused-ring (bicyclic) bond motifs is 6. The molecule has 0 saturated heterocycles. The van der Waals surface area contributed by atoms with Gasteiger partial charge in [-0.3, -0.25) is 0 Å². The Labute approximate surface area is 348 Å². The molecule has 0 aliphatic heterocycles. The molecule has 2 aliphatic carbocycles. The van der Waals surface area contributed by atoms with Crippen molar-refractivity contribution in [3.8, 4) is 44.5 Å². The van der Waals surface area contributed by atoms with Gasteiger partial charge in [0.25, 0.3) is 0 Å². The molecule has 0 N–H and O–H groups in total. The SMILES string of the molecule is CC.CC.CC.CC.CC.CC.CCC(C)CC.CCC(C)CC.c1ccc2c(c1)-c1cccc3cccc-2c13.c1ccc2c(c1)-c1cccc3cccc-2c13. The number of hydrogen-bond donors (Lipinski definition) is 0. The molecular formula is C56H84. The highest BCUT2D eigenvalue weighted by Crippen LogP contribution is 2.47. The summed E-state index contributed by atoms with van der Waals surface area (Å²) in [5, 5.41) is 5.50. The molecular weight excluding hydrogens is 673 g/mol. The summed E-state index contributed by atoms with van der Waals surface area (Å²) in [6.07, 6.45) is 5.32. The van der Waals surface area contributed by atoms with E-state index in [0.717, 1.165) is 11.8 Å². The maximum Gasteiger partial charge on any atom is -0.00264 e. The Balaban J connectivity index is 0. The van der Waals surface area contributed by atoms with E-state index in [1.165, 1.54) is 91.7 Å². The van der Waals surface area contributed by atoms with Crippen LogP contribution in [0.1, 0.15) is 150 Å². The molecule has 0 spiro atoms. The van der Waals surface area contributed by atoms with Crippen molar-refractivity contribution in [2.45, 2.75) is 150 Å². The number of rotatable bonds is 4. The van der Waals surface area contributed by atoms with Crippen molar-refractivity contribution in [1.82, 2.24) is 0 Å². The second kappa shape index (κ2) is 33.0. The Morgan fingerprint density at radius 3 is 0.607 bits per heavy atom. The van der Waals surface area contributed by atoms with Crippen LogP contribution in [0.3, 0.4) is 0 Å². The minimum atomic E-state index is 0.935. The molecule has 56 heavy (non-hydrogen) atoms. The van der Waals surface area contributed by atoms with Crippen LogP contribution in [0.25, 0.3) is 66.1 Å². The lowest BCUT2D eigenvalue weighted by Crippen LogP contribution is -1.85. The summed E-state index contributed by atoms with van der Waals surface area (Å²) in [4.78, 5) is 0. The predicted molar refractivity (Wildman–Crippen MR) is 264 cm³/mol. The summed E-state index contributed by atoms with van der Waals surface area (Å²) in [7, 11) is 0. The highest BCUT2D eigenvalue weighted by atomic mass is 14.2. The molecule has 0 aromatic heterocycles. The van der Waals surface area contributed by atoms with Crippen LogP contribution in [0.2, 0.25) is 0 Å². The first-order valence-corrected chi connectivity index (χ1v) is 22.7. The monoisotopic (exact) mass is 757 g/mol. The Bertz CT molecular complexity index is 1580. The molecule has 0 heteroatoms. The van der Waals surface area contributed by atoms with Gasteiger partial charge >= 0.3 is 0 Å². The van der Waals surface area contributed by atoms with Crippen molar-refractivity contribution in [1.29, 1.82) is 0 Å². The van der Waals surface area contributed by atoms with Crippen molar-refractivity contribution in [2.24, 2.45) is 11.8 Å². The van der Waals surface area contributed by atoms with Gasteiger partial charge in [0.15, 0.2) is 0 Å². The maximum atomic E-state index is 2.28. The minimum Gasteiger partial charge on any atom is -0.0683 e. The Hall–Kier alpha value is -4.16. The van der Waals surface area contributed by atoms with Gasteiger partial charge in [0.05, 0.1) is 0 Å². The number of hydrogen-bond acceptors (Lipinski definition) is 0. The van der Waals surface area contributed by atoms with Gasteiger partial charge in [-0.2, -0.15) is 0 Å². The Kier molecular flexibility index (Phi) is 31.8. The summed E-state index contributed by atoms with van der Waals surface area (Å²) in [6.45, 7) is 37.5. The van der Waals surface area contributed by atoms with Crippen molar-refractivity contribution in [3.05, 3.63) is 121 Å². The molecule has 8 rings (SSSR count). The quantitative estimate of drug-likeness (QED) is 0.168. The average Bonchev–Trinajstić information content (AvgIpc) is 3.82. The first-order chi connectivity index (χ1) is 27.5. The zero-order chi connectivity index (χ0) is 43.1. The highest BCUT2D eigenvalue weighted by molar-refractivity contribution is 6.16.